The third kappa shape index (κ3) is 4.69. The smallest absolute Gasteiger partial charge is 0.435 e. The summed E-state index contributed by atoms with van der Waals surface area (Å²) in [4.78, 5) is 15.6. The lowest BCUT2D eigenvalue weighted by Crippen LogP contribution is -2.41. The minimum Gasteiger partial charge on any atom is -0.444 e. The number of halogens is 4. The van der Waals surface area contributed by atoms with Crippen molar-refractivity contribution in [2.75, 3.05) is 6.54 Å². The summed E-state index contributed by atoms with van der Waals surface area (Å²) < 4.78 is 63.4. The molecule has 1 atom stereocenters. The monoisotopic (exact) mass is 520 g/mol. The van der Waals surface area contributed by atoms with Crippen molar-refractivity contribution in [3.63, 3.8) is 0 Å². The molecule has 1 amide bonds. The minimum absolute atomic E-state index is 0.0441. The van der Waals surface area contributed by atoms with Crippen LogP contribution in [0.25, 0.3) is 11.1 Å². The Bertz CT molecular complexity index is 1380. The predicted molar refractivity (Wildman–Crippen MR) is 126 cm³/mol. The number of hydrogen-bond donors (Lipinski definition) is 0. The van der Waals surface area contributed by atoms with Crippen LogP contribution >= 0.6 is 11.3 Å². The average molecular weight is 521 g/mol. The quantitative estimate of drug-likeness (QED) is 0.368. The van der Waals surface area contributed by atoms with Crippen molar-refractivity contribution in [1.82, 2.24) is 14.7 Å². The number of alkyl halides is 3. The van der Waals surface area contributed by atoms with E-state index in [2.05, 4.69) is 11.2 Å². The summed E-state index contributed by atoms with van der Waals surface area (Å²) in [6, 6.07) is 6.23. The van der Waals surface area contributed by atoms with Crippen molar-refractivity contribution in [3.05, 3.63) is 62.4 Å². The fourth-order valence-corrected chi connectivity index (χ4v) is 5.71. The van der Waals surface area contributed by atoms with Crippen molar-refractivity contribution >= 4 is 17.4 Å². The number of carbonyl (C=O) groups excluding carboxylic acids is 1. The predicted octanol–water partition coefficient (Wildman–Crippen LogP) is 6.37. The highest BCUT2D eigenvalue weighted by atomic mass is 32.1. The molecule has 36 heavy (non-hydrogen) atoms. The highest BCUT2D eigenvalue weighted by Gasteiger charge is 2.41. The zero-order valence-corrected chi connectivity index (χ0v) is 21.1. The number of aromatic nitrogens is 2. The van der Waals surface area contributed by atoms with Crippen molar-refractivity contribution < 1.29 is 27.1 Å². The van der Waals surface area contributed by atoms with Crippen LogP contribution in [0.1, 0.15) is 58.8 Å². The Balaban J connectivity index is 1.93. The lowest BCUT2D eigenvalue weighted by molar-refractivity contribution is -0.141. The number of rotatable bonds is 2. The van der Waals surface area contributed by atoms with Gasteiger partial charge in [-0.2, -0.15) is 23.5 Å². The zero-order valence-electron chi connectivity index (χ0n) is 20.3. The molecule has 2 aromatic heterocycles. The number of carbonyl (C=O) groups is 1. The molecule has 0 aliphatic carbocycles. The van der Waals surface area contributed by atoms with Crippen LogP contribution in [0, 0.1) is 24.1 Å². The number of nitriles is 1. The SMILES string of the molecule is Cc1c(C#N)sc2c1[C@H](c1cccc(F)c1-c1cn(C)nc1C(F)(F)F)CN(C(=O)OC(C)(C)C)C2. The minimum atomic E-state index is -4.80. The van der Waals surface area contributed by atoms with Crippen molar-refractivity contribution in [3.8, 4) is 17.2 Å². The van der Waals surface area contributed by atoms with E-state index in [1.165, 1.54) is 29.4 Å². The van der Waals surface area contributed by atoms with E-state index in [0.717, 1.165) is 22.5 Å². The van der Waals surface area contributed by atoms with Gasteiger partial charge in [-0.05, 0) is 50.5 Å². The van der Waals surface area contributed by atoms with Gasteiger partial charge in [0.25, 0.3) is 0 Å². The van der Waals surface area contributed by atoms with E-state index in [1.54, 1.807) is 33.8 Å². The molecule has 6 nitrogen and oxygen atoms in total. The molecule has 0 unspecified atom stereocenters. The highest BCUT2D eigenvalue weighted by molar-refractivity contribution is 7.12. The van der Waals surface area contributed by atoms with Gasteiger partial charge in [0.15, 0.2) is 5.69 Å². The summed E-state index contributed by atoms with van der Waals surface area (Å²) in [6.45, 7) is 7.17. The Morgan fingerprint density at radius 1 is 1.28 bits per heavy atom. The molecule has 0 bridgehead atoms. The molecule has 4 rings (SSSR count). The number of fused-ring (bicyclic) bond motifs is 1. The maximum atomic E-state index is 15.3. The normalized spacial score (nSPS) is 16.0. The molecule has 190 valence electrons. The van der Waals surface area contributed by atoms with E-state index in [9.17, 15) is 23.2 Å². The van der Waals surface area contributed by atoms with Crippen molar-refractivity contribution in [2.24, 2.45) is 7.05 Å². The second-order valence-corrected chi connectivity index (χ2v) is 10.8. The van der Waals surface area contributed by atoms with Gasteiger partial charge in [-0.3, -0.25) is 4.68 Å². The first kappa shape index (κ1) is 25.7. The molecule has 0 saturated carbocycles. The lowest BCUT2D eigenvalue weighted by Gasteiger charge is -2.35. The lowest BCUT2D eigenvalue weighted by atomic mass is 9.82. The highest BCUT2D eigenvalue weighted by Crippen LogP contribution is 2.46. The van der Waals surface area contributed by atoms with Crippen LogP contribution in [0.15, 0.2) is 24.4 Å². The molecular weight excluding hydrogens is 496 g/mol. The van der Waals surface area contributed by atoms with Crippen LogP contribution in [0.5, 0.6) is 0 Å². The van der Waals surface area contributed by atoms with Gasteiger partial charge in [0, 0.05) is 41.7 Å². The number of aryl methyl sites for hydroxylation is 1. The van der Waals surface area contributed by atoms with Gasteiger partial charge in [-0.15, -0.1) is 11.3 Å². The van der Waals surface area contributed by atoms with E-state index in [4.69, 9.17) is 4.74 Å². The summed E-state index contributed by atoms with van der Waals surface area (Å²) in [5.41, 5.74) is -0.919. The van der Waals surface area contributed by atoms with E-state index in [1.807, 2.05) is 0 Å². The van der Waals surface area contributed by atoms with E-state index in [-0.39, 0.29) is 29.8 Å². The first-order valence-corrected chi connectivity index (χ1v) is 11.9. The first-order chi connectivity index (χ1) is 16.7. The first-order valence-electron chi connectivity index (χ1n) is 11.1. The molecule has 1 aliphatic rings. The molecule has 11 heteroatoms. The Hall–Kier alpha value is -3.39. The Morgan fingerprint density at radius 3 is 2.58 bits per heavy atom. The largest absolute Gasteiger partial charge is 0.444 e. The van der Waals surface area contributed by atoms with Crippen LogP contribution < -0.4 is 0 Å². The second-order valence-electron chi connectivity index (χ2n) is 9.69. The van der Waals surface area contributed by atoms with Gasteiger partial charge in [0.1, 0.15) is 22.4 Å². The maximum absolute atomic E-state index is 15.3. The van der Waals surface area contributed by atoms with Gasteiger partial charge >= 0.3 is 12.3 Å². The molecule has 1 aliphatic heterocycles. The van der Waals surface area contributed by atoms with Crippen molar-refractivity contribution in [1.29, 1.82) is 5.26 Å². The number of nitrogens with zero attached hydrogens (tertiary/aromatic N) is 4. The zero-order chi connectivity index (χ0) is 26.6. The summed E-state index contributed by atoms with van der Waals surface area (Å²) in [6.07, 6.45) is -4.26. The van der Waals surface area contributed by atoms with Gasteiger partial charge in [0.05, 0.1) is 6.54 Å². The van der Waals surface area contributed by atoms with Gasteiger partial charge in [-0.25, -0.2) is 9.18 Å². The molecule has 3 heterocycles. The maximum Gasteiger partial charge on any atom is 0.435 e. The Kier molecular flexibility index (Phi) is 6.37. The summed E-state index contributed by atoms with van der Waals surface area (Å²) in [5.74, 6) is -1.53. The van der Waals surface area contributed by atoms with Gasteiger partial charge in [-0.1, -0.05) is 12.1 Å². The molecule has 0 radical (unpaired) electrons. The van der Waals surface area contributed by atoms with Crippen molar-refractivity contribution in [2.45, 2.75) is 51.9 Å². The molecule has 0 spiro atoms. The van der Waals surface area contributed by atoms with Crippen LogP contribution in [-0.4, -0.2) is 32.9 Å². The van der Waals surface area contributed by atoms with Crippen LogP contribution in [0.2, 0.25) is 0 Å². The number of thiophene rings is 1. The molecule has 1 aromatic carbocycles. The van der Waals surface area contributed by atoms with Crippen LogP contribution in [0.4, 0.5) is 22.4 Å². The fraction of sp³-hybridized carbons (Fsp3) is 0.400. The summed E-state index contributed by atoms with van der Waals surface area (Å²) >= 11 is 1.22. The standard InChI is InChI=1S/C25H24F4N4O2S/c1-13-18(9-30)36-19-12-33(23(34)35-24(2,3)4)11-15(20(13)19)14-7-6-8-17(26)21(14)16-10-32(5)31-22(16)25(27,28)29/h6-8,10,15H,11-12H2,1-5H3/t15-/m0/s1. The second kappa shape index (κ2) is 8.92. The third-order valence-electron chi connectivity index (χ3n) is 5.90. The van der Waals surface area contributed by atoms with E-state index < -0.39 is 35.3 Å². The number of benzene rings is 1. The molecular formula is C25H24F4N4O2S. The molecule has 3 aromatic rings. The average Bonchev–Trinajstić information content (AvgIpc) is 3.31. The fourth-order valence-electron chi connectivity index (χ4n) is 4.53. The number of hydrogen-bond acceptors (Lipinski definition) is 5. The Labute approximate surface area is 209 Å². The number of ether oxygens (including phenoxy) is 1. The van der Waals surface area contributed by atoms with E-state index in [0.29, 0.717) is 15.3 Å². The summed E-state index contributed by atoms with van der Waals surface area (Å²) in [7, 11) is 1.34. The number of amides is 1. The van der Waals surface area contributed by atoms with Crippen LogP contribution in [0.3, 0.4) is 0 Å². The molecule has 0 saturated heterocycles. The third-order valence-corrected chi connectivity index (χ3v) is 7.09. The molecule has 0 fully saturated rings. The Morgan fingerprint density at radius 2 is 1.97 bits per heavy atom. The van der Waals surface area contributed by atoms with Gasteiger partial charge < -0.3 is 9.64 Å². The van der Waals surface area contributed by atoms with Crippen LogP contribution in [-0.2, 0) is 24.5 Å². The topological polar surface area (TPSA) is 71.2 Å². The summed E-state index contributed by atoms with van der Waals surface area (Å²) in [5, 5.41) is 13.2. The molecule has 0 N–H and O–H groups in total. The van der Waals surface area contributed by atoms with E-state index >= 15 is 4.39 Å². The van der Waals surface area contributed by atoms with Gasteiger partial charge in [0.2, 0.25) is 0 Å².